The van der Waals surface area contributed by atoms with Gasteiger partial charge in [0.05, 0.1) is 11.9 Å². The summed E-state index contributed by atoms with van der Waals surface area (Å²) in [6.07, 6.45) is 1.65. The lowest BCUT2D eigenvalue weighted by atomic mass is 10.1. The maximum atomic E-state index is 12.0. The van der Waals surface area contributed by atoms with Crippen molar-refractivity contribution in [2.45, 2.75) is 6.92 Å². The van der Waals surface area contributed by atoms with Crippen LogP contribution in [-0.4, -0.2) is 22.3 Å². The quantitative estimate of drug-likeness (QED) is 0.574. The van der Waals surface area contributed by atoms with Crippen LogP contribution in [0.3, 0.4) is 0 Å². The van der Waals surface area contributed by atoms with E-state index in [0.29, 0.717) is 5.69 Å². The summed E-state index contributed by atoms with van der Waals surface area (Å²) in [5, 5.41) is 12.8. The molecule has 0 aliphatic carbocycles. The first kappa shape index (κ1) is 14.2. The zero-order valence-corrected chi connectivity index (χ0v) is 12.7. The summed E-state index contributed by atoms with van der Waals surface area (Å²) >= 11 is 1.58. The molecule has 0 saturated heterocycles. The Kier molecular flexibility index (Phi) is 4.11. The molecule has 0 spiro atoms. The number of amides is 1. The van der Waals surface area contributed by atoms with Crippen molar-refractivity contribution in [3.63, 3.8) is 0 Å². The smallest absolute Gasteiger partial charge is 0.272 e. The number of hydrazone groups is 1. The first-order valence-corrected chi connectivity index (χ1v) is 7.60. The normalized spacial score (nSPS) is 11.0. The van der Waals surface area contributed by atoms with Gasteiger partial charge in [0.1, 0.15) is 5.69 Å². The first-order chi connectivity index (χ1) is 10.7. The molecule has 2 N–H and O–H groups in total. The third kappa shape index (κ3) is 3.12. The van der Waals surface area contributed by atoms with Gasteiger partial charge in [-0.05, 0) is 30.0 Å². The van der Waals surface area contributed by atoms with Gasteiger partial charge < -0.3 is 0 Å². The molecule has 3 rings (SSSR count). The third-order valence-electron chi connectivity index (χ3n) is 3.14. The van der Waals surface area contributed by atoms with Crippen LogP contribution in [-0.2, 0) is 0 Å². The van der Waals surface area contributed by atoms with E-state index in [0.717, 1.165) is 21.7 Å². The molecule has 0 unspecified atom stereocenters. The van der Waals surface area contributed by atoms with Crippen LogP contribution in [0.2, 0.25) is 0 Å². The number of carbonyl (C=O) groups excluding carboxylic acids is 1. The molecule has 6 heteroatoms. The minimum absolute atomic E-state index is 0.319. The molecule has 110 valence electrons. The van der Waals surface area contributed by atoms with Gasteiger partial charge in [-0.15, -0.1) is 11.3 Å². The summed E-state index contributed by atoms with van der Waals surface area (Å²) in [5.74, 6) is -0.319. The number of rotatable bonds is 4. The fourth-order valence-corrected chi connectivity index (χ4v) is 2.71. The Hall–Kier alpha value is -2.73. The lowest BCUT2D eigenvalue weighted by Gasteiger charge is -1.95. The van der Waals surface area contributed by atoms with Crippen molar-refractivity contribution in [2.24, 2.45) is 5.10 Å². The molecule has 0 radical (unpaired) electrons. The predicted molar refractivity (Wildman–Crippen MR) is 88.1 cm³/mol. The van der Waals surface area contributed by atoms with Gasteiger partial charge in [-0.25, -0.2) is 5.43 Å². The van der Waals surface area contributed by atoms with Gasteiger partial charge >= 0.3 is 0 Å². The van der Waals surface area contributed by atoms with Crippen LogP contribution < -0.4 is 5.43 Å². The van der Waals surface area contributed by atoms with E-state index in [1.807, 2.05) is 48.7 Å². The first-order valence-electron chi connectivity index (χ1n) is 6.72. The Morgan fingerprint density at radius 1 is 1.32 bits per heavy atom. The maximum absolute atomic E-state index is 12.0. The van der Waals surface area contributed by atoms with E-state index in [4.69, 9.17) is 0 Å². The number of aromatic amines is 1. The van der Waals surface area contributed by atoms with E-state index in [9.17, 15) is 4.79 Å². The van der Waals surface area contributed by atoms with Crippen LogP contribution in [0.1, 0.15) is 20.9 Å². The number of nitrogens with zero attached hydrogens (tertiary/aromatic N) is 2. The second-order valence-electron chi connectivity index (χ2n) is 4.70. The molecule has 22 heavy (non-hydrogen) atoms. The molecule has 0 aliphatic rings. The minimum atomic E-state index is -0.319. The fraction of sp³-hybridized carbons (Fsp3) is 0.0625. The van der Waals surface area contributed by atoms with Crippen molar-refractivity contribution in [3.05, 3.63) is 64.0 Å². The molecular weight excluding hydrogens is 296 g/mol. The van der Waals surface area contributed by atoms with Crippen molar-refractivity contribution in [1.82, 2.24) is 15.6 Å². The number of carbonyl (C=O) groups is 1. The minimum Gasteiger partial charge on any atom is -0.272 e. The summed E-state index contributed by atoms with van der Waals surface area (Å²) in [7, 11) is 0. The number of H-pyrrole nitrogens is 1. The lowest BCUT2D eigenvalue weighted by molar-refractivity contribution is 0.0950. The molecular formula is C16H14N4OS. The zero-order valence-electron chi connectivity index (χ0n) is 11.9. The van der Waals surface area contributed by atoms with Crippen molar-refractivity contribution in [1.29, 1.82) is 0 Å². The summed E-state index contributed by atoms with van der Waals surface area (Å²) in [4.78, 5) is 13.0. The molecule has 0 saturated carbocycles. The molecule has 2 heterocycles. The summed E-state index contributed by atoms with van der Waals surface area (Å²) in [6, 6.07) is 13.4. The fourth-order valence-electron chi connectivity index (χ4n) is 1.92. The number of nitrogens with one attached hydrogen (secondary N) is 2. The molecule has 2 aromatic heterocycles. The van der Waals surface area contributed by atoms with Crippen LogP contribution >= 0.6 is 11.3 Å². The Morgan fingerprint density at radius 2 is 2.14 bits per heavy atom. The van der Waals surface area contributed by atoms with E-state index in [2.05, 4.69) is 20.7 Å². The Balaban J connectivity index is 1.67. The van der Waals surface area contributed by atoms with Gasteiger partial charge in [0.25, 0.3) is 5.91 Å². The Morgan fingerprint density at radius 3 is 2.86 bits per heavy atom. The highest BCUT2D eigenvalue weighted by atomic mass is 32.1. The predicted octanol–water partition coefficient (Wildman–Crippen LogP) is 3.21. The van der Waals surface area contributed by atoms with E-state index >= 15 is 0 Å². The van der Waals surface area contributed by atoms with Crippen LogP contribution in [0.25, 0.3) is 11.3 Å². The van der Waals surface area contributed by atoms with Gasteiger partial charge in [0.2, 0.25) is 0 Å². The molecule has 1 amide bonds. The Bertz CT molecular complexity index is 804. The highest BCUT2D eigenvalue weighted by Crippen LogP contribution is 2.16. The number of aryl methyl sites for hydroxylation is 1. The number of hydrogen-bond acceptors (Lipinski definition) is 4. The SMILES string of the molecule is Cc1ccsc1/C=N/NC(=O)c1cc(-c2ccccc2)n[nH]1. The third-order valence-corrected chi connectivity index (χ3v) is 4.10. The molecule has 0 bridgehead atoms. The molecule has 0 fully saturated rings. The Labute approximate surface area is 131 Å². The van der Waals surface area contributed by atoms with Crippen molar-refractivity contribution < 1.29 is 4.79 Å². The topological polar surface area (TPSA) is 70.1 Å². The van der Waals surface area contributed by atoms with Gasteiger partial charge in [0, 0.05) is 10.4 Å². The van der Waals surface area contributed by atoms with Crippen LogP contribution in [0, 0.1) is 6.92 Å². The molecule has 1 aromatic carbocycles. The van der Waals surface area contributed by atoms with Gasteiger partial charge in [-0.1, -0.05) is 30.3 Å². The second kappa shape index (κ2) is 6.36. The van der Waals surface area contributed by atoms with Gasteiger partial charge in [0.15, 0.2) is 0 Å². The number of thiophene rings is 1. The second-order valence-corrected chi connectivity index (χ2v) is 5.65. The van der Waals surface area contributed by atoms with E-state index < -0.39 is 0 Å². The van der Waals surface area contributed by atoms with E-state index in [1.54, 1.807) is 23.6 Å². The zero-order chi connectivity index (χ0) is 15.4. The highest BCUT2D eigenvalue weighted by Gasteiger charge is 2.10. The maximum Gasteiger partial charge on any atom is 0.289 e. The van der Waals surface area contributed by atoms with Crippen LogP contribution in [0.15, 0.2) is 52.9 Å². The molecule has 5 nitrogen and oxygen atoms in total. The summed E-state index contributed by atoms with van der Waals surface area (Å²) < 4.78 is 0. The molecule has 3 aromatic rings. The summed E-state index contributed by atoms with van der Waals surface area (Å²) in [5.41, 5.74) is 5.68. The molecule has 0 aliphatic heterocycles. The van der Waals surface area contributed by atoms with Gasteiger partial charge in [-0.3, -0.25) is 9.89 Å². The van der Waals surface area contributed by atoms with Gasteiger partial charge in [-0.2, -0.15) is 10.2 Å². The molecule has 0 atom stereocenters. The van der Waals surface area contributed by atoms with Crippen molar-refractivity contribution >= 4 is 23.5 Å². The van der Waals surface area contributed by atoms with E-state index in [-0.39, 0.29) is 5.91 Å². The van der Waals surface area contributed by atoms with Crippen molar-refractivity contribution in [2.75, 3.05) is 0 Å². The van der Waals surface area contributed by atoms with Crippen molar-refractivity contribution in [3.8, 4) is 11.3 Å². The number of hydrogen-bond donors (Lipinski definition) is 2. The van der Waals surface area contributed by atoms with Crippen LogP contribution in [0.5, 0.6) is 0 Å². The number of aromatic nitrogens is 2. The van der Waals surface area contributed by atoms with Crippen LogP contribution in [0.4, 0.5) is 0 Å². The lowest BCUT2D eigenvalue weighted by Crippen LogP contribution is -2.17. The monoisotopic (exact) mass is 310 g/mol. The summed E-state index contributed by atoms with van der Waals surface area (Å²) in [6.45, 7) is 2.00. The highest BCUT2D eigenvalue weighted by molar-refractivity contribution is 7.11. The number of benzene rings is 1. The van der Waals surface area contributed by atoms with E-state index in [1.165, 1.54) is 0 Å². The average molecular weight is 310 g/mol. The largest absolute Gasteiger partial charge is 0.289 e. The standard InChI is InChI=1S/C16H14N4OS/c1-11-7-8-22-15(11)10-17-20-16(21)14-9-13(18-19-14)12-5-3-2-4-6-12/h2-10H,1H3,(H,18,19)(H,20,21)/b17-10+. The average Bonchev–Trinajstić information content (AvgIpc) is 3.18.